The van der Waals surface area contributed by atoms with E-state index in [0.717, 1.165) is 5.75 Å². The van der Waals surface area contributed by atoms with Crippen LogP contribution in [0.15, 0.2) is 24.3 Å². The van der Waals surface area contributed by atoms with Crippen molar-refractivity contribution in [3.05, 3.63) is 34.7 Å². The molecule has 58 valence electrons. The molecule has 0 atom stereocenters. The van der Waals surface area contributed by atoms with E-state index in [1.807, 2.05) is 29.6 Å². The molecule has 0 radical (unpaired) electrons. The quantitative estimate of drug-likeness (QED) is 0.730. The Kier molecular flexibility index (Phi) is 3.11. The van der Waals surface area contributed by atoms with Crippen LogP contribution in [0.2, 0.25) is 0 Å². The first-order chi connectivity index (χ1) is 5.36. The molecular weight excluding hydrogens is 158 g/mol. The van der Waals surface area contributed by atoms with Gasteiger partial charge in [-0.3, -0.25) is 0 Å². The fourth-order valence-electron chi connectivity index (χ4n) is 0.891. The molecule has 0 bridgehead atoms. The average Bonchev–Trinajstić information content (AvgIpc) is 2.06. The fraction of sp³-hybridized carbons (Fsp3) is 0.250. The minimum Gasteiger partial charge on any atom is -0.161 e. The number of hydrogen-bond donors (Lipinski definition) is 1. The van der Waals surface area contributed by atoms with Crippen LogP contribution in [0, 0.1) is 4.91 Å². The van der Waals surface area contributed by atoms with Crippen molar-refractivity contribution in [2.45, 2.75) is 5.75 Å². The summed E-state index contributed by atoms with van der Waals surface area (Å²) in [6.07, 6.45) is 2.04. The van der Waals surface area contributed by atoms with Crippen molar-refractivity contribution in [1.82, 2.24) is 0 Å². The molecule has 0 amide bonds. The predicted octanol–water partition coefficient (Wildman–Crippen LogP) is 1.03. The van der Waals surface area contributed by atoms with Gasteiger partial charge < -0.3 is 0 Å². The van der Waals surface area contributed by atoms with Crippen LogP contribution in [0.1, 0.15) is 5.56 Å². The standard InChI is InChI=1S/C8H9NOS/c1-11-6-7-3-2-4-8(5-7)9-10/h2-5H,6H2,1H3/p+1. The molecule has 1 rings (SSSR count). The third-order valence-corrected chi connectivity index (χ3v) is 1.98. The highest BCUT2D eigenvalue weighted by molar-refractivity contribution is 7.97. The van der Waals surface area contributed by atoms with Crippen LogP contribution < -0.4 is 5.18 Å². The van der Waals surface area contributed by atoms with E-state index < -0.39 is 0 Å². The zero-order valence-corrected chi connectivity index (χ0v) is 7.15. The molecule has 0 aromatic heterocycles. The van der Waals surface area contributed by atoms with Gasteiger partial charge in [0.2, 0.25) is 0 Å². The second kappa shape index (κ2) is 4.13. The Morgan fingerprint density at radius 1 is 1.55 bits per heavy atom. The summed E-state index contributed by atoms with van der Waals surface area (Å²) in [7, 11) is 0. The Balaban J connectivity index is 2.82. The number of hydrogen-bond acceptors (Lipinski definition) is 2. The molecule has 0 heterocycles. The van der Waals surface area contributed by atoms with Gasteiger partial charge in [-0.15, -0.1) is 0 Å². The Bertz CT molecular complexity index is 250. The molecule has 11 heavy (non-hydrogen) atoms. The smallest absolute Gasteiger partial charge is 0.161 e. The monoisotopic (exact) mass is 168 g/mol. The van der Waals surface area contributed by atoms with Crippen LogP contribution in [-0.2, 0) is 5.75 Å². The lowest BCUT2D eigenvalue weighted by molar-refractivity contribution is -0.379. The molecule has 1 aromatic carbocycles. The lowest BCUT2D eigenvalue weighted by Crippen LogP contribution is -2.55. The molecule has 0 saturated heterocycles. The van der Waals surface area contributed by atoms with Crippen LogP contribution in [-0.4, -0.2) is 6.26 Å². The van der Waals surface area contributed by atoms with E-state index in [9.17, 15) is 4.91 Å². The maximum Gasteiger partial charge on any atom is 0.253 e. The zero-order valence-electron chi connectivity index (χ0n) is 6.33. The molecule has 3 heteroatoms. The van der Waals surface area contributed by atoms with Gasteiger partial charge in [-0.25, -0.2) is 0 Å². The van der Waals surface area contributed by atoms with Crippen molar-refractivity contribution in [3.63, 3.8) is 0 Å². The molecule has 0 aliphatic heterocycles. The predicted molar refractivity (Wildman–Crippen MR) is 47.7 cm³/mol. The van der Waals surface area contributed by atoms with Gasteiger partial charge in [0, 0.05) is 28.0 Å². The fourth-order valence-corrected chi connectivity index (χ4v) is 1.40. The number of thioether (sulfide) groups is 1. The van der Waals surface area contributed by atoms with E-state index in [4.69, 9.17) is 0 Å². The molecular formula is C8H10NOS+. The van der Waals surface area contributed by atoms with Crippen molar-refractivity contribution in [3.8, 4) is 0 Å². The van der Waals surface area contributed by atoms with Crippen molar-refractivity contribution in [1.29, 1.82) is 0 Å². The SMILES string of the molecule is CSCc1cccc([NH+]=O)c1. The molecule has 0 saturated carbocycles. The highest BCUT2D eigenvalue weighted by Gasteiger charge is 1.98. The lowest BCUT2D eigenvalue weighted by atomic mass is 10.2. The summed E-state index contributed by atoms with van der Waals surface area (Å²) in [6, 6.07) is 7.52. The summed E-state index contributed by atoms with van der Waals surface area (Å²) in [4.78, 5) is 10.2. The normalized spacial score (nSPS) is 9.55. The summed E-state index contributed by atoms with van der Waals surface area (Å²) < 4.78 is 0. The number of benzene rings is 1. The molecule has 0 fully saturated rings. The first kappa shape index (κ1) is 8.27. The summed E-state index contributed by atoms with van der Waals surface area (Å²) in [5.41, 5.74) is 1.81. The van der Waals surface area contributed by atoms with Gasteiger partial charge in [-0.2, -0.15) is 11.8 Å². The summed E-state index contributed by atoms with van der Waals surface area (Å²) in [5, 5.41) is 1.87. The Morgan fingerprint density at radius 3 is 3.00 bits per heavy atom. The van der Waals surface area contributed by atoms with E-state index in [1.165, 1.54) is 5.56 Å². The van der Waals surface area contributed by atoms with Crippen LogP contribution in [0.3, 0.4) is 0 Å². The largest absolute Gasteiger partial charge is 0.253 e. The highest BCUT2D eigenvalue weighted by atomic mass is 32.2. The number of nitroso groups, excluding NO2 is 1. The zero-order chi connectivity index (χ0) is 8.10. The van der Waals surface area contributed by atoms with Crippen molar-refractivity contribution < 1.29 is 5.18 Å². The van der Waals surface area contributed by atoms with Gasteiger partial charge in [0.15, 0.2) is 0 Å². The molecule has 2 nitrogen and oxygen atoms in total. The summed E-state index contributed by atoms with van der Waals surface area (Å²) in [5.74, 6) is 0.954. The maximum atomic E-state index is 10.2. The van der Waals surface area contributed by atoms with E-state index in [1.54, 1.807) is 17.8 Å². The van der Waals surface area contributed by atoms with E-state index in [2.05, 4.69) is 0 Å². The van der Waals surface area contributed by atoms with Gasteiger partial charge in [-0.05, 0) is 11.8 Å². The summed E-state index contributed by atoms with van der Waals surface area (Å²) in [6.45, 7) is 0. The first-order valence-electron chi connectivity index (χ1n) is 3.33. The van der Waals surface area contributed by atoms with E-state index >= 15 is 0 Å². The van der Waals surface area contributed by atoms with E-state index in [0.29, 0.717) is 5.69 Å². The van der Waals surface area contributed by atoms with Gasteiger partial charge in [0.25, 0.3) is 5.69 Å². The van der Waals surface area contributed by atoms with Crippen molar-refractivity contribution in [2.24, 2.45) is 0 Å². The van der Waals surface area contributed by atoms with Gasteiger partial charge >= 0.3 is 0 Å². The van der Waals surface area contributed by atoms with Crippen LogP contribution in [0.25, 0.3) is 0 Å². The van der Waals surface area contributed by atoms with Gasteiger partial charge in [-0.1, -0.05) is 12.1 Å². The van der Waals surface area contributed by atoms with Crippen LogP contribution in [0.5, 0.6) is 0 Å². The second-order valence-corrected chi connectivity index (χ2v) is 3.10. The third kappa shape index (κ3) is 2.35. The topological polar surface area (TPSA) is 31.0 Å². The lowest BCUT2D eigenvalue weighted by Gasteiger charge is -1.94. The van der Waals surface area contributed by atoms with Crippen molar-refractivity contribution >= 4 is 17.4 Å². The van der Waals surface area contributed by atoms with Crippen LogP contribution in [0.4, 0.5) is 5.69 Å². The van der Waals surface area contributed by atoms with Gasteiger partial charge in [0.05, 0.1) is 0 Å². The molecule has 0 spiro atoms. The third-order valence-electron chi connectivity index (χ3n) is 1.36. The molecule has 1 N–H and O–H groups in total. The summed E-state index contributed by atoms with van der Waals surface area (Å²) >= 11 is 1.74. The van der Waals surface area contributed by atoms with E-state index in [-0.39, 0.29) is 0 Å². The number of nitrogens with one attached hydrogen (secondary N) is 1. The average molecular weight is 168 g/mol. The van der Waals surface area contributed by atoms with Crippen LogP contribution >= 0.6 is 11.8 Å². The van der Waals surface area contributed by atoms with Gasteiger partial charge in [0.1, 0.15) is 0 Å². The molecule has 0 unspecified atom stereocenters. The minimum absolute atomic E-state index is 0.636. The molecule has 0 aliphatic carbocycles. The first-order valence-corrected chi connectivity index (χ1v) is 4.72. The Hall–Kier alpha value is -0.830. The minimum atomic E-state index is 0.636. The van der Waals surface area contributed by atoms with Crippen molar-refractivity contribution in [2.75, 3.05) is 6.26 Å². The number of rotatable bonds is 3. The molecule has 1 aromatic rings. The molecule has 0 aliphatic rings. The second-order valence-electron chi connectivity index (χ2n) is 2.24. The Morgan fingerprint density at radius 2 is 2.36 bits per heavy atom. The maximum absolute atomic E-state index is 10.2. The Labute approximate surface area is 70.0 Å². The highest BCUT2D eigenvalue weighted by Crippen LogP contribution is 2.10.